The van der Waals surface area contributed by atoms with Crippen molar-refractivity contribution >= 4 is 33.9 Å². The zero-order valence-electron chi connectivity index (χ0n) is 27.2. The Kier molecular flexibility index (Phi) is 30.9. The first-order chi connectivity index (χ1) is 19.9. The van der Waals surface area contributed by atoms with E-state index in [0.717, 1.165) is 64.2 Å². The summed E-state index contributed by atoms with van der Waals surface area (Å²) in [6, 6.07) is 0. The third-order valence-corrected chi connectivity index (χ3v) is 8.39. The van der Waals surface area contributed by atoms with E-state index in [1.54, 1.807) is 12.2 Å². The summed E-state index contributed by atoms with van der Waals surface area (Å²) >= 11 is 0. The monoisotopic (exact) mass is 660 g/mol. The number of carboxylic acids is 2. The van der Waals surface area contributed by atoms with Crippen LogP contribution in [0.5, 0.6) is 0 Å². The first kappa shape index (κ1) is 47.7. The van der Waals surface area contributed by atoms with E-state index < -0.39 is 70.5 Å². The van der Waals surface area contributed by atoms with E-state index in [-0.39, 0.29) is 59.1 Å². The van der Waals surface area contributed by atoms with Crippen LogP contribution in [-0.2, 0) is 29.3 Å². The van der Waals surface area contributed by atoms with E-state index in [1.807, 2.05) is 0 Å². The fourth-order valence-corrected chi connectivity index (χ4v) is 5.88. The summed E-state index contributed by atoms with van der Waals surface area (Å²) in [6.07, 6.45) is 18.9. The maximum atomic E-state index is 12.2. The van der Waals surface area contributed by atoms with Gasteiger partial charge in [-0.15, -0.1) is 0 Å². The third-order valence-electron chi connectivity index (χ3n) is 7.15. The molecule has 0 bridgehead atoms. The minimum absolute atomic E-state index is 0. The van der Waals surface area contributed by atoms with Gasteiger partial charge in [0.1, 0.15) is 5.25 Å². The minimum atomic E-state index is -5.46. The van der Waals surface area contributed by atoms with Gasteiger partial charge in [0.05, 0.1) is 5.97 Å². The van der Waals surface area contributed by atoms with Gasteiger partial charge in [-0.25, -0.2) is 0 Å². The zero-order valence-corrected chi connectivity index (χ0v) is 32.1. The first-order valence-electron chi connectivity index (χ1n) is 15.2. The molecule has 44 heavy (non-hydrogen) atoms. The quantitative estimate of drug-likeness (QED) is 0.0363. The summed E-state index contributed by atoms with van der Waals surface area (Å²) in [5.74, 6) is -5.56. The Morgan fingerprint density at radius 3 is 1.39 bits per heavy atom. The van der Waals surface area contributed by atoms with Crippen LogP contribution in [0.4, 0.5) is 0 Å². The van der Waals surface area contributed by atoms with Gasteiger partial charge in [0, 0.05) is 24.5 Å². The van der Waals surface area contributed by atoms with Gasteiger partial charge in [-0.2, -0.15) is 8.42 Å². The molecule has 0 fully saturated rings. The van der Waals surface area contributed by atoms with Gasteiger partial charge < -0.3 is 30.4 Å². The van der Waals surface area contributed by atoms with Gasteiger partial charge in [0.2, 0.25) is 11.8 Å². The molecule has 0 rings (SSSR count). The molecule has 0 aliphatic carbocycles. The standard InChI is InChI=1S/C30H52N2O9S.2Na/c1-3-5-7-9-11-13-15-17-19-25(33)31-23-21-30(29(37)38,27(28(35)36)42(39,40)41)22-24-32-26(34)20-18-16-14-12-10-8-6-4-2;;/h17-20,27H,3-16,21-24H2,1-2H3,(H,31,33)(H,32,34)(H,35,36)(H,37,38)(H,39,40,41);;/q;2*+1/p-2. The van der Waals surface area contributed by atoms with Crippen LogP contribution >= 0.6 is 0 Å². The molecule has 0 aromatic rings. The van der Waals surface area contributed by atoms with Crippen LogP contribution in [0.15, 0.2) is 24.3 Å². The fourth-order valence-electron chi connectivity index (χ4n) is 4.73. The SMILES string of the molecule is CCCCCCCCC=CC(=O)NCCC(CCNC(=O)C=CCCCCCCCC)(C(=O)[O-])C(C(=O)[O-])S(=O)(=O)O.[Na+].[Na+]. The molecule has 0 aromatic heterocycles. The van der Waals surface area contributed by atoms with Gasteiger partial charge in [-0.3, -0.25) is 14.1 Å². The normalized spacial score (nSPS) is 13.4. The molecule has 14 heteroatoms. The predicted molar refractivity (Wildman–Crippen MR) is 157 cm³/mol. The van der Waals surface area contributed by atoms with Gasteiger partial charge in [-0.05, 0) is 50.7 Å². The van der Waals surface area contributed by atoms with Crippen LogP contribution in [0.3, 0.4) is 0 Å². The number of allylic oxidation sites excluding steroid dienone is 2. The summed E-state index contributed by atoms with van der Waals surface area (Å²) in [6.45, 7) is 3.41. The topological polar surface area (TPSA) is 193 Å². The second kappa shape index (κ2) is 28.5. The molecule has 242 valence electrons. The molecule has 2 amide bonds. The maximum absolute atomic E-state index is 12.2. The molecule has 0 spiro atoms. The fraction of sp³-hybridized carbons (Fsp3) is 0.733. The van der Waals surface area contributed by atoms with Crippen molar-refractivity contribution in [3.63, 3.8) is 0 Å². The van der Waals surface area contributed by atoms with Crippen molar-refractivity contribution in [2.45, 2.75) is 122 Å². The van der Waals surface area contributed by atoms with Crippen molar-refractivity contribution in [3.05, 3.63) is 24.3 Å². The van der Waals surface area contributed by atoms with Gasteiger partial charge in [0.25, 0.3) is 10.1 Å². The van der Waals surface area contributed by atoms with Crippen molar-refractivity contribution in [1.82, 2.24) is 10.6 Å². The maximum Gasteiger partial charge on any atom is 1.00 e. The number of carboxylic acid groups (broad SMARTS) is 2. The van der Waals surface area contributed by atoms with Gasteiger partial charge in [0.15, 0.2) is 0 Å². The number of hydrogen-bond donors (Lipinski definition) is 3. The molecule has 3 N–H and O–H groups in total. The van der Waals surface area contributed by atoms with E-state index in [4.69, 9.17) is 0 Å². The van der Waals surface area contributed by atoms with Crippen LogP contribution in [0.25, 0.3) is 0 Å². The molecule has 1 atom stereocenters. The molecule has 11 nitrogen and oxygen atoms in total. The predicted octanol–water partition coefficient (Wildman–Crippen LogP) is -3.64. The average Bonchev–Trinajstić information content (AvgIpc) is 2.90. The second-order valence-electron chi connectivity index (χ2n) is 10.7. The smallest absolute Gasteiger partial charge is 0.549 e. The zero-order chi connectivity index (χ0) is 31.9. The number of carbonyl (C=O) groups excluding carboxylic acids is 4. The van der Waals surface area contributed by atoms with E-state index in [2.05, 4.69) is 24.5 Å². The molecule has 1 unspecified atom stereocenters. The Balaban J connectivity index is -0.00000840. The van der Waals surface area contributed by atoms with Crippen LogP contribution < -0.4 is 80.0 Å². The van der Waals surface area contributed by atoms with Crippen LogP contribution in [0.1, 0.15) is 117 Å². The van der Waals surface area contributed by atoms with E-state index in [0.29, 0.717) is 12.8 Å². The van der Waals surface area contributed by atoms with E-state index in [9.17, 15) is 42.4 Å². The van der Waals surface area contributed by atoms with Crippen molar-refractivity contribution in [1.29, 1.82) is 0 Å². The third kappa shape index (κ3) is 21.9. The molecule has 0 aliphatic heterocycles. The number of nitrogens with one attached hydrogen (secondary N) is 2. The molecule has 0 saturated carbocycles. The Morgan fingerprint density at radius 2 is 1.07 bits per heavy atom. The molecule has 0 aliphatic rings. The Hall–Kier alpha value is -0.730. The minimum Gasteiger partial charge on any atom is -0.549 e. The summed E-state index contributed by atoms with van der Waals surface area (Å²) in [7, 11) is -5.46. The number of amides is 2. The summed E-state index contributed by atoms with van der Waals surface area (Å²) in [5, 5.41) is 25.9. The molecule has 0 saturated heterocycles. The Bertz CT molecular complexity index is 945. The molecule has 0 heterocycles. The van der Waals surface area contributed by atoms with Crippen molar-refractivity contribution in [2.75, 3.05) is 13.1 Å². The van der Waals surface area contributed by atoms with Crippen molar-refractivity contribution < 1.29 is 101 Å². The summed E-state index contributed by atoms with van der Waals surface area (Å²) < 4.78 is 33.5. The molecular formula is C30H50N2Na2O9S. The summed E-state index contributed by atoms with van der Waals surface area (Å²) in [5.41, 5.74) is -2.70. The van der Waals surface area contributed by atoms with Crippen molar-refractivity contribution in [2.24, 2.45) is 5.41 Å². The number of rotatable bonds is 26. The number of unbranched alkanes of at least 4 members (excludes halogenated alkanes) is 12. The Morgan fingerprint density at radius 1 is 0.705 bits per heavy atom. The Labute approximate surface area is 308 Å². The van der Waals surface area contributed by atoms with E-state index >= 15 is 0 Å². The average molecular weight is 661 g/mol. The van der Waals surface area contributed by atoms with Gasteiger partial charge in [-0.1, -0.05) is 90.2 Å². The van der Waals surface area contributed by atoms with Crippen LogP contribution in [0.2, 0.25) is 0 Å². The summed E-state index contributed by atoms with van der Waals surface area (Å²) in [4.78, 5) is 48.3. The number of hydrogen-bond acceptors (Lipinski definition) is 8. The van der Waals surface area contributed by atoms with Crippen LogP contribution in [0, 0.1) is 5.41 Å². The molecule has 0 aromatic carbocycles. The van der Waals surface area contributed by atoms with Crippen LogP contribution in [-0.4, -0.2) is 55.1 Å². The largest absolute Gasteiger partial charge is 1.00 e. The van der Waals surface area contributed by atoms with Gasteiger partial charge >= 0.3 is 59.1 Å². The second-order valence-corrected chi connectivity index (χ2v) is 12.2. The number of aliphatic carboxylic acids is 2. The van der Waals surface area contributed by atoms with Crippen molar-refractivity contribution in [3.8, 4) is 0 Å². The molecular weight excluding hydrogens is 610 g/mol. The molecule has 0 radical (unpaired) electrons. The number of carbonyl (C=O) groups is 4. The van der Waals surface area contributed by atoms with E-state index in [1.165, 1.54) is 25.0 Å². The first-order valence-corrected chi connectivity index (χ1v) is 16.7.